The predicted octanol–water partition coefficient (Wildman–Crippen LogP) is 2.79. The molecule has 0 spiro atoms. The minimum absolute atomic E-state index is 0.0938. The van der Waals surface area contributed by atoms with E-state index in [4.69, 9.17) is 0 Å². The summed E-state index contributed by atoms with van der Waals surface area (Å²) in [6.07, 6.45) is 0. The van der Waals surface area contributed by atoms with Crippen LogP contribution in [0.2, 0.25) is 0 Å². The van der Waals surface area contributed by atoms with Gasteiger partial charge in [-0.1, -0.05) is 36.4 Å². The number of benzene rings is 3. The fraction of sp³-hybridized carbons (Fsp3) is 0.167. The van der Waals surface area contributed by atoms with Crippen LogP contribution >= 0.6 is 0 Å². The summed E-state index contributed by atoms with van der Waals surface area (Å²) in [5.41, 5.74) is -0.188. The van der Waals surface area contributed by atoms with Crippen molar-refractivity contribution in [2.75, 3.05) is 13.1 Å². The number of hydrogen-bond acceptors (Lipinski definition) is 6. The Balaban J connectivity index is 2.08. The van der Waals surface area contributed by atoms with Crippen LogP contribution in [0.4, 0.5) is 17.6 Å². The molecule has 2 N–H and O–H groups in total. The largest absolute Gasteiger partial charge is 0.480 e. The van der Waals surface area contributed by atoms with Crippen LogP contribution in [0.15, 0.2) is 70.5 Å². The molecule has 0 saturated carbocycles. The molecule has 0 aliphatic carbocycles. The smallest absolute Gasteiger partial charge is 0.318 e. The van der Waals surface area contributed by atoms with Gasteiger partial charge in [0.2, 0.25) is 20.0 Å². The number of aliphatic carboxylic acids is 2. The molecule has 3 rings (SSSR count). The lowest BCUT2D eigenvalue weighted by Gasteiger charge is -2.25. The standard InChI is InChI=1S/C24H20F4N2O8S2/c25-17-7-3-8-18(26)23(17)39(35,36)29(13-21(31)32)11-15-5-1-2-6-16(15)12-30(14-22(33)34)40(37,38)24-19(27)9-4-10-20(24)28/h1-10H,11-14H2,(H,31,32)(H,33,34). The zero-order valence-electron chi connectivity index (χ0n) is 20.2. The lowest BCUT2D eigenvalue weighted by molar-refractivity contribution is -0.138. The van der Waals surface area contributed by atoms with Crippen molar-refractivity contribution in [3.63, 3.8) is 0 Å². The van der Waals surface area contributed by atoms with Gasteiger partial charge in [0.05, 0.1) is 0 Å². The fourth-order valence-electron chi connectivity index (χ4n) is 3.72. The summed E-state index contributed by atoms with van der Waals surface area (Å²) in [6.45, 7) is -4.23. The van der Waals surface area contributed by atoms with E-state index in [1.807, 2.05) is 0 Å². The maximum Gasteiger partial charge on any atom is 0.318 e. The maximum atomic E-state index is 14.3. The number of rotatable bonds is 12. The highest BCUT2D eigenvalue weighted by molar-refractivity contribution is 7.89. The average molecular weight is 605 g/mol. The number of carbonyl (C=O) groups is 2. The van der Waals surface area contributed by atoms with Crippen LogP contribution in [-0.2, 0) is 42.7 Å². The van der Waals surface area contributed by atoms with Crippen molar-refractivity contribution in [2.45, 2.75) is 22.9 Å². The van der Waals surface area contributed by atoms with Gasteiger partial charge in [-0.3, -0.25) is 9.59 Å². The summed E-state index contributed by atoms with van der Waals surface area (Å²) in [7, 11) is -10.3. The van der Waals surface area contributed by atoms with Crippen LogP contribution in [0.3, 0.4) is 0 Å². The number of nitrogens with zero attached hydrogens (tertiary/aromatic N) is 2. The van der Waals surface area contributed by atoms with Gasteiger partial charge in [0, 0.05) is 13.1 Å². The van der Waals surface area contributed by atoms with E-state index in [1.165, 1.54) is 24.3 Å². The van der Waals surface area contributed by atoms with Crippen molar-refractivity contribution in [3.05, 3.63) is 95.1 Å². The van der Waals surface area contributed by atoms with Gasteiger partial charge in [-0.25, -0.2) is 34.4 Å². The van der Waals surface area contributed by atoms with Gasteiger partial charge >= 0.3 is 11.9 Å². The number of carboxylic acid groups (broad SMARTS) is 2. The molecule has 3 aromatic rings. The van der Waals surface area contributed by atoms with Gasteiger partial charge in [-0.2, -0.15) is 8.61 Å². The Morgan fingerprint density at radius 3 is 1.15 bits per heavy atom. The van der Waals surface area contributed by atoms with E-state index in [-0.39, 0.29) is 19.7 Å². The molecule has 0 radical (unpaired) electrons. The van der Waals surface area contributed by atoms with Crippen LogP contribution in [0.25, 0.3) is 0 Å². The number of sulfonamides is 2. The first-order valence-corrected chi connectivity index (χ1v) is 13.9. The van der Waals surface area contributed by atoms with Crippen LogP contribution in [0.1, 0.15) is 11.1 Å². The quantitative estimate of drug-likeness (QED) is 0.300. The Morgan fingerprint density at radius 2 is 0.875 bits per heavy atom. The van der Waals surface area contributed by atoms with E-state index in [0.717, 1.165) is 12.1 Å². The van der Waals surface area contributed by atoms with Crippen molar-refractivity contribution < 1.29 is 54.2 Å². The molecule has 0 fully saturated rings. The molecule has 0 aromatic heterocycles. The van der Waals surface area contributed by atoms with Crippen LogP contribution in [0.5, 0.6) is 0 Å². The van der Waals surface area contributed by atoms with Gasteiger partial charge in [0.15, 0.2) is 9.79 Å². The van der Waals surface area contributed by atoms with E-state index < -0.39 is 91.2 Å². The van der Waals surface area contributed by atoms with E-state index >= 15 is 0 Å². The molecule has 3 aromatic carbocycles. The Kier molecular flexibility index (Phi) is 9.29. The third kappa shape index (κ3) is 6.64. The first kappa shape index (κ1) is 30.7. The third-order valence-electron chi connectivity index (χ3n) is 5.47. The summed E-state index contributed by atoms with van der Waals surface area (Å²) in [4.78, 5) is 20.1. The SMILES string of the molecule is O=C(O)CN(Cc1ccccc1CN(CC(=O)O)S(=O)(=O)c1c(F)cccc1F)S(=O)(=O)c1c(F)cccc1F. The summed E-state index contributed by atoms with van der Waals surface area (Å²) in [6, 6.07) is 9.56. The zero-order valence-corrected chi connectivity index (χ0v) is 21.8. The van der Waals surface area contributed by atoms with E-state index in [0.29, 0.717) is 24.3 Å². The molecule has 0 unspecified atom stereocenters. The van der Waals surface area contributed by atoms with E-state index in [2.05, 4.69) is 0 Å². The number of halogens is 4. The van der Waals surface area contributed by atoms with Crippen molar-refractivity contribution in [1.82, 2.24) is 8.61 Å². The number of hydrogen-bond donors (Lipinski definition) is 2. The van der Waals surface area contributed by atoms with E-state index in [9.17, 15) is 54.2 Å². The summed E-state index contributed by atoms with van der Waals surface area (Å²) < 4.78 is 110. The molecule has 0 amide bonds. The second kappa shape index (κ2) is 12.1. The first-order valence-electron chi connectivity index (χ1n) is 11.0. The topological polar surface area (TPSA) is 149 Å². The fourth-order valence-corrected chi connectivity index (χ4v) is 6.67. The molecule has 0 atom stereocenters. The van der Waals surface area contributed by atoms with Crippen molar-refractivity contribution in [3.8, 4) is 0 Å². The second-order valence-electron chi connectivity index (χ2n) is 8.20. The average Bonchev–Trinajstić information content (AvgIpc) is 2.83. The Labute approximate surface area is 225 Å². The Hall–Kier alpha value is -3.86. The second-order valence-corrected chi connectivity index (χ2v) is 12.0. The Bertz CT molecular complexity index is 1500. The molecule has 0 heterocycles. The highest BCUT2D eigenvalue weighted by Crippen LogP contribution is 2.27. The van der Waals surface area contributed by atoms with Gasteiger partial charge in [-0.05, 0) is 35.4 Å². The third-order valence-corrected chi connectivity index (χ3v) is 9.16. The monoisotopic (exact) mass is 604 g/mol. The van der Waals surface area contributed by atoms with Crippen molar-refractivity contribution >= 4 is 32.0 Å². The van der Waals surface area contributed by atoms with E-state index in [1.54, 1.807) is 0 Å². The molecule has 0 aliphatic heterocycles. The van der Waals surface area contributed by atoms with Crippen LogP contribution in [0, 0.1) is 23.3 Å². The highest BCUT2D eigenvalue weighted by Gasteiger charge is 2.35. The zero-order chi connectivity index (χ0) is 29.8. The molecule has 0 saturated heterocycles. The lowest BCUT2D eigenvalue weighted by Crippen LogP contribution is -2.38. The molecule has 16 heteroatoms. The summed E-state index contributed by atoms with van der Waals surface area (Å²) in [5, 5.41) is 18.6. The summed E-state index contributed by atoms with van der Waals surface area (Å²) in [5.74, 6) is -9.35. The lowest BCUT2D eigenvalue weighted by atomic mass is 10.1. The van der Waals surface area contributed by atoms with Crippen molar-refractivity contribution in [1.29, 1.82) is 0 Å². The number of carboxylic acids is 2. The molecule has 10 nitrogen and oxygen atoms in total. The summed E-state index contributed by atoms with van der Waals surface area (Å²) >= 11 is 0. The van der Waals surface area contributed by atoms with Gasteiger partial charge < -0.3 is 10.2 Å². The molecular formula is C24H20F4N2O8S2. The predicted molar refractivity (Wildman–Crippen MR) is 130 cm³/mol. The van der Waals surface area contributed by atoms with Gasteiger partial charge in [0.1, 0.15) is 36.4 Å². The Morgan fingerprint density at radius 1 is 0.575 bits per heavy atom. The molecule has 0 aliphatic rings. The van der Waals surface area contributed by atoms with Crippen LogP contribution < -0.4 is 0 Å². The van der Waals surface area contributed by atoms with Crippen LogP contribution in [-0.4, -0.2) is 60.7 Å². The minimum atomic E-state index is -5.13. The normalized spacial score (nSPS) is 12.2. The highest BCUT2D eigenvalue weighted by atomic mass is 32.2. The first-order chi connectivity index (χ1) is 18.7. The molecule has 0 bridgehead atoms. The molecular weight excluding hydrogens is 584 g/mol. The molecule has 40 heavy (non-hydrogen) atoms. The van der Waals surface area contributed by atoms with Crippen molar-refractivity contribution in [2.24, 2.45) is 0 Å². The molecule has 214 valence electrons. The van der Waals surface area contributed by atoms with Gasteiger partial charge in [-0.15, -0.1) is 0 Å². The maximum absolute atomic E-state index is 14.3. The van der Waals surface area contributed by atoms with Gasteiger partial charge in [0.25, 0.3) is 0 Å². The minimum Gasteiger partial charge on any atom is -0.480 e.